The van der Waals surface area contributed by atoms with Gasteiger partial charge in [-0.3, -0.25) is 0 Å². The van der Waals surface area contributed by atoms with Crippen molar-refractivity contribution in [2.24, 2.45) is 0 Å². The standard InChI is InChI=1S/C16H17Cl2NO/c1-3-19-10-11-4-5-12(17)8-14(11)15-9-13(18)6-7-16(15)20-2/h4-9,19H,3,10H2,1-2H3. The molecule has 20 heavy (non-hydrogen) atoms. The highest BCUT2D eigenvalue weighted by atomic mass is 35.5. The molecule has 0 aromatic heterocycles. The first-order valence-electron chi connectivity index (χ1n) is 6.48. The average molecular weight is 310 g/mol. The molecule has 0 saturated heterocycles. The molecule has 2 aromatic rings. The molecule has 0 aliphatic heterocycles. The summed E-state index contributed by atoms with van der Waals surface area (Å²) in [7, 11) is 1.65. The Labute approximate surface area is 129 Å². The van der Waals surface area contributed by atoms with E-state index in [9.17, 15) is 0 Å². The summed E-state index contributed by atoms with van der Waals surface area (Å²) in [6.07, 6.45) is 0. The smallest absolute Gasteiger partial charge is 0.126 e. The Hall–Kier alpha value is -1.22. The number of methoxy groups -OCH3 is 1. The minimum atomic E-state index is 0.676. The number of halogens is 2. The molecule has 0 spiro atoms. The summed E-state index contributed by atoms with van der Waals surface area (Å²) in [5.74, 6) is 0.786. The van der Waals surface area contributed by atoms with Crippen LogP contribution >= 0.6 is 23.2 Å². The number of hydrogen-bond acceptors (Lipinski definition) is 2. The van der Waals surface area contributed by atoms with E-state index < -0.39 is 0 Å². The van der Waals surface area contributed by atoms with Gasteiger partial charge in [0.05, 0.1) is 7.11 Å². The molecule has 0 aliphatic rings. The molecule has 0 heterocycles. The van der Waals surface area contributed by atoms with E-state index >= 15 is 0 Å². The van der Waals surface area contributed by atoms with Gasteiger partial charge in [-0.2, -0.15) is 0 Å². The minimum absolute atomic E-state index is 0.676. The molecule has 0 unspecified atom stereocenters. The summed E-state index contributed by atoms with van der Waals surface area (Å²) in [5, 5.41) is 4.70. The van der Waals surface area contributed by atoms with Crippen molar-refractivity contribution < 1.29 is 4.74 Å². The first-order valence-corrected chi connectivity index (χ1v) is 7.24. The number of ether oxygens (including phenoxy) is 1. The van der Waals surface area contributed by atoms with E-state index in [1.54, 1.807) is 7.11 Å². The van der Waals surface area contributed by atoms with Crippen LogP contribution in [0.3, 0.4) is 0 Å². The van der Waals surface area contributed by atoms with Crippen LogP contribution < -0.4 is 10.1 Å². The molecular weight excluding hydrogens is 293 g/mol. The molecule has 0 amide bonds. The van der Waals surface area contributed by atoms with Crippen molar-refractivity contribution >= 4 is 23.2 Å². The van der Waals surface area contributed by atoms with Crippen molar-refractivity contribution in [1.29, 1.82) is 0 Å². The highest BCUT2D eigenvalue weighted by Gasteiger charge is 2.11. The van der Waals surface area contributed by atoms with Crippen LogP contribution in [-0.4, -0.2) is 13.7 Å². The predicted molar refractivity (Wildman–Crippen MR) is 85.8 cm³/mol. The molecule has 2 aromatic carbocycles. The normalized spacial score (nSPS) is 10.6. The molecule has 2 nitrogen and oxygen atoms in total. The summed E-state index contributed by atoms with van der Waals surface area (Å²) in [5.41, 5.74) is 3.16. The molecule has 106 valence electrons. The zero-order valence-corrected chi connectivity index (χ0v) is 13.1. The fourth-order valence-electron chi connectivity index (χ4n) is 2.10. The van der Waals surface area contributed by atoms with Crippen LogP contribution in [0.15, 0.2) is 36.4 Å². The van der Waals surface area contributed by atoms with Crippen LogP contribution in [0.4, 0.5) is 0 Å². The minimum Gasteiger partial charge on any atom is -0.496 e. The zero-order valence-electron chi connectivity index (χ0n) is 11.5. The van der Waals surface area contributed by atoms with Gasteiger partial charge < -0.3 is 10.1 Å². The van der Waals surface area contributed by atoms with Gasteiger partial charge in [-0.1, -0.05) is 36.2 Å². The van der Waals surface area contributed by atoms with Gasteiger partial charge in [0.2, 0.25) is 0 Å². The summed E-state index contributed by atoms with van der Waals surface area (Å²) in [6, 6.07) is 11.5. The molecule has 2 rings (SSSR count). The summed E-state index contributed by atoms with van der Waals surface area (Å²) < 4.78 is 5.43. The fourth-order valence-corrected chi connectivity index (χ4v) is 2.45. The second-order valence-electron chi connectivity index (χ2n) is 4.43. The maximum absolute atomic E-state index is 6.14. The van der Waals surface area contributed by atoms with Gasteiger partial charge in [0, 0.05) is 22.2 Å². The number of nitrogens with one attached hydrogen (secondary N) is 1. The molecular formula is C16H17Cl2NO. The Kier molecular flexibility index (Phi) is 5.30. The lowest BCUT2D eigenvalue weighted by molar-refractivity contribution is 0.416. The van der Waals surface area contributed by atoms with Gasteiger partial charge in [-0.25, -0.2) is 0 Å². The van der Waals surface area contributed by atoms with Crippen molar-refractivity contribution in [3.05, 3.63) is 52.0 Å². The fraction of sp³-hybridized carbons (Fsp3) is 0.250. The second kappa shape index (κ2) is 6.98. The molecule has 0 aliphatic carbocycles. The molecule has 0 atom stereocenters. The van der Waals surface area contributed by atoms with E-state index in [1.165, 1.54) is 0 Å². The highest BCUT2D eigenvalue weighted by Crippen LogP contribution is 2.36. The van der Waals surface area contributed by atoms with Crippen LogP contribution in [0, 0.1) is 0 Å². The van der Waals surface area contributed by atoms with Gasteiger partial charge in [0.15, 0.2) is 0 Å². The summed E-state index contributed by atoms with van der Waals surface area (Å²) in [4.78, 5) is 0. The van der Waals surface area contributed by atoms with E-state index in [2.05, 4.69) is 12.2 Å². The Bertz CT molecular complexity index is 599. The van der Waals surface area contributed by atoms with Crippen molar-refractivity contribution in [1.82, 2.24) is 5.32 Å². The van der Waals surface area contributed by atoms with Gasteiger partial charge in [0.25, 0.3) is 0 Å². The predicted octanol–water partition coefficient (Wildman–Crippen LogP) is 4.78. The monoisotopic (exact) mass is 309 g/mol. The number of rotatable bonds is 5. The Balaban J connectivity index is 2.55. The lowest BCUT2D eigenvalue weighted by atomic mass is 9.98. The van der Waals surface area contributed by atoms with Crippen LogP contribution in [0.1, 0.15) is 12.5 Å². The second-order valence-corrected chi connectivity index (χ2v) is 5.30. The number of benzene rings is 2. The van der Waals surface area contributed by atoms with E-state index in [0.29, 0.717) is 10.0 Å². The first kappa shape index (κ1) is 15.2. The first-order chi connectivity index (χ1) is 9.65. The van der Waals surface area contributed by atoms with E-state index in [4.69, 9.17) is 27.9 Å². The van der Waals surface area contributed by atoms with E-state index in [1.807, 2.05) is 36.4 Å². The largest absolute Gasteiger partial charge is 0.496 e. The van der Waals surface area contributed by atoms with Crippen LogP contribution in [-0.2, 0) is 6.54 Å². The molecule has 0 fully saturated rings. The zero-order chi connectivity index (χ0) is 14.5. The quantitative estimate of drug-likeness (QED) is 0.858. The highest BCUT2D eigenvalue weighted by molar-refractivity contribution is 6.31. The lowest BCUT2D eigenvalue weighted by Gasteiger charge is -2.14. The topological polar surface area (TPSA) is 21.3 Å². The Morgan fingerprint density at radius 3 is 2.30 bits per heavy atom. The van der Waals surface area contributed by atoms with E-state index in [0.717, 1.165) is 35.5 Å². The SMILES string of the molecule is CCNCc1ccc(Cl)cc1-c1cc(Cl)ccc1OC. The Morgan fingerprint density at radius 1 is 1.00 bits per heavy atom. The molecule has 0 saturated carbocycles. The van der Waals surface area contributed by atoms with Crippen LogP contribution in [0.5, 0.6) is 5.75 Å². The van der Waals surface area contributed by atoms with Crippen LogP contribution in [0.25, 0.3) is 11.1 Å². The summed E-state index contributed by atoms with van der Waals surface area (Å²) >= 11 is 12.3. The molecule has 4 heteroatoms. The van der Waals surface area contributed by atoms with Crippen molar-refractivity contribution in [3.8, 4) is 16.9 Å². The van der Waals surface area contributed by atoms with Gasteiger partial charge >= 0.3 is 0 Å². The molecule has 0 bridgehead atoms. The van der Waals surface area contributed by atoms with Gasteiger partial charge in [-0.15, -0.1) is 0 Å². The third-order valence-corrected chi connectivity index (χ3v) is 3.56. The van der Waals surface area contributed by atoms with Crippen molar-refractivity contribution in [2.45, 2.75) is 13.5 Å². The molecule has 0 radical (unpaired) electrons. The van der Waals surface area contributed by atoms with Gasteiger partial charge in [0.1, 0.15) is 5.75 Å². The van der Waals surface area contributed by atoms with Crippen molar-refractivity contribution in [3.63, 3.8) is 0 Å². The number of hydrogen-bond donors (Lipinski definition) is 1. The average Bonchev–Trinajstić information content (AvgIpc) is 2.46. The van der Waals surface area contributed by atoms with E-state index in [-0.39, 0.29) is 0 Å². The maximum atomic E-state index is 6.14. The summed E-state index contributed by atoms with van der Waals surface area (Å²) in [6.45, 7) is 3.77. The third-order valence-electron chi connectivity index (χ3n) is 3.09. The van der Waals surface area contributed by atoms with Crippen LogP contribution in [0.2, 0.25) is 10.0 Å². The van der Waals surface area contributed by atoms with Gasteiger partial charge in [-0.05, 0) is 48.0 Å². The third kappa shape index (κ3) is 3.45. The Morgan fingerprint density at radius 2 is 1.65 bits per heavy atom. The van der Waals surface area contributed by atoms with Crippen molar-refractivity contribution in [2.75, 3.05) is 13.7 Å². The maximum Gasteiger partial charge on any atom is 0.126 e. The lowest BCUT2D eigenvalue weighted by Crippen LogP contribution is -2.12. The molecule has 1 N–H and O–H groups in total.